The van der Waals surface area contributed by atoms with Crippen LogP contribution in [-0.2, 0) is 6.42 Å². The van der Waals surface area contributed by atoms with Gasteiger partial charge in [-0.05, 0) is 37.4 Å². The van der Waals surface area contributed by atoms with Gasteiger partial charge in [0.2, 0.25) is 0 Å². The number of thiophene rings is 1. The van der Waals surface area contributed by atoms with Crippen molar-refractivity contribution in [3.8, 4) is 0 Å². The molecule has 1 aromatic rings. The summed E-state index contributed by atoms with van der Waals surface area (Å²) in [5, 5.41) is 3.69. The van der Waals surface area contributed by atoms with Gasteiger partial charge in [0.05, 0.1) is 4.34 Å². The van der Waals surface area contributed by atoms with E-state index in [1.807, 2.05) is 6.07 Å². The number of hydrogen-bond acceptors (Lipinski definition) is 2. The molecule has 0 bridgehead atoms. The Hall–Kier alpha value is -0.0500. The molecule has 1 atom stereocenters. The fourth-order valence-electron chi connectivity index (χ4n) is 2.27. The monoisotopic (exact) mass is 273 g/mol. The van der Waals surface area contributed by atoms with Crippen molar-refractivity contribution in [2.45, 2.75) is 52.5 Å². The summed E-state index contributed by atoms with van der Waals surface area (Å²) in [5.74, 6) is 0.766. The van der Waals surface area contributed by atoms with Crippen LogP contribution in [0.1, 0.15) is 44.9 Å². The van der Waals surface area contributed by atoms with Crippen LogP contribution < -0.4 is 5.32 Å². The second kappa shape index (κ2) is 8.12. The normalized spacial score (nSPS) is 13.2. The molecule has 17 heavy (non-hydrogen) atoms. The average Bonchev–Trinajstić information content (AvgIpc) is 2.73. The van der Waals surface area contributed by atoms with Gasteiger partial charge in [0.15, 0.2) is 0 Å². The third kappa shape index (κ3) is 4.99. The maximum atomic E-state index is 5.99. The SMILES string of the molecule is CCCNC(Cc1ccc(Cl)s1)C(CC)CC. The van der Waals surface area contributed by atoms with E-state index in [1.54, 1.807) is 11.3 Å². The lowest BCUT2D eigenvalue weighted by Crippen LogP contribution is -2.38. The molecule has 0 amide bonds. The van der Waals surface area contributed by atoms with Crippen LogP contribution in [0.2, 0.25) is 4.34 Å². The molecule has 0 aliphatic carbocycles. The van der Waals surface area contributed by atoms with Crippen LogP contribution in [-0.4, -0.2) is 12.6 Å². The van der Waals surface area contributed by atoms with Crippen LogP contribution in [0.5, 0.6) is 0 Å². The Bertz CT molecular complexity index is 307. The molecule has 0 aromatic carbocycles. The Morgan fingerprint density at radius 2 is 1.94 bits per heavy atom. The highest BCUT2D eigenvalue weighted by Crippen LogP contribution is 2.25. The number of nitrogens with one attached hydrogen (secondary N) is 1. The lowest BCUT2D eigenvalue weighted by atomic mass is 9.91. The Morgan fingerprint density at radius 3 is 2.41 bits per heavy atom. The lowest BCUT2D eigenvalue weighted by molar-refractivity contribution is 0.333. The van der Waals surface area contributed by atoms with Crippen molar-refractivity contribution in [3.63, 3.8) is 0 Å². The summed E-state index contributed by atoms with van der Waals surface area (Å²) in [6.07, 6.45) is 4.81. The van der Waals surface area contributed by atoms with E-state index < -0.39 is 0 Å². The quantitative estimate of drug-likeness (QED) is 0.721. The predicted octanol–water partition coefficient (Wildman–Crippen LogP) is 4.75. The Kier molecular flexibility index (Phi) is 7.17. The number of hydrogen-bond donors (Lipinski definition) is 1. The third-order valence-electron chi connectivity index (χ3n) is 3.32. The van der Waals surface area contributed by atoms with Crippen LogP contribution in [0, 0.1) is 5.92 Å². The summed E-state index contributed by atoms with van der Waals surface area (Å²) in [5.41, 5.74) is 0. The highest BCUT2D eigenvalue weighted by Gasteiger charge is 2.18. The van der Waals surface area contributed by atoms with Crippen LogP contribution >= 0.6 is 22.9 Å². The second-order valence-electron chi connectivity index (χ2n) is 4.55. The molecule has 1 N–H and O–H groups in total. The van der Waals surface area contributed by atoms with E-state index in [2.05, 4.69) is 32.2 Å². The molecule has 98 valence electrons. The zero-order valence-corrected chi connectivity index (χ0v) is 12.7. The van der Waals surface area contributed by atoms with Gasteiger partial charge in [-0.1, -0.05) is 45.2 Å². The van der Waals surface area contributed by atoms with E-state index in [9.17, 15) is 0 Å². The van der Waals surface area contributed by atoms with E-state index in [0.717, 1.165) is 23.2 Å². The fourth-order valence-corrected chi connectivity index (χ4v) is 3.42. The van der Waals surface area contributed by atoms with Crippen molar-refractivity contribution >= 4 is 22.9 Å². The van der Waals surface area contributed by atoms with Gasteiger partial charge in [-0.25, -0.2) is 0 Å². The van der Waals surface area contributed by atoms with E-state index in [-0.39, 0.29) is 0 Å². The Morgan fingerprint density at radius 1 is 1.24 bits per heavy atom. The molecule has 0 spiro atoms. The zero-order chi connectivity index (χ0) is 12.7. The van der Waals surface area contributed by atoms with Crippen molar-refractivity contribution in [1.82, 2.24) is 5.32 Å². The minimum absolute atomic E-state index is 0.597. The molecule has 0 aliphatic rings. The molecule has 1 nitrogen and oxygen atoms in total. The van der Waals surface area contributed by atoms with Gasteiger partial charge in [0.1, 0.15) is 0 Å². The van der Waals surface area contributed by atoms with Gasteiger partial charge >= 0.3 is 0 Å². The summed E-state index contributed by atoms with van der Waals surface area (Å²) in [6.45, 7) is 7.91. The highest BCUT2D eigenvalue weighted by molar-refractivity contribution is 7.16. The molecular formula is C14H24ClNS. The first-order valence-electron chi connectivity index (χ1n) is 6.68. The molecule has 1 rings (SSSR count). The molecule has 0 saturated carbocycles. The van der Waals surface area contributed by atoms with Gasteiger partial charge in [0.25, 0.3) is 0 Å². The summed E-state index contributed by atoms with van der Waals surface area (Å²) < 4.78 is 0.902. The van der Waals surface area contributed by atoms with Crippen LogP contribution in [0.4, 0.5) is 0 Å². The fraction of sp³-hybridized carbons (Fsp3) is 0.714. The summed E-state index contributed by atoms with van der Waals surface area (Å²) >= 11 is 7.71. The summed E-state index contributed by atoms with van der Waals surface area (Å²) in [4.78, 5) is 1.40. The second-order valence-corrected chi connectivity index (χ2v) is 6.35. The van der Waals surface area contributed by atoms with Crippen LogP contribution in [0.25, 0.3) is 0 Å². The van der Waals surface area contributed by atoms with Gasteiger partial charge < -0.3 is 5.32 Å². The van der Waals surface area contributed by atoms with E-state index in [4.69, 9.17) is 11.6 Å². The van der Waals surface area contributed by atoms with Crippen LogP contribution in [0.15, 0.2) is 12.1 Å². The largest absolute Gasteiger partial charge is 0.313 e. The lowest BCUT2D eigenvalue weighted by Gasteiger charge is -2.26. The minimum Gasteiger partial charge on any atom is -0.313 e. The topological polar surface area (TPSA) is 12.0 Å². The van der Waals surface area contributed by atoms with Gasteiger partial charge in [0, 0.05) is 10.9 Å². The predicted molar refractivity (Wildman–Crippen MR) is 79.2 cm³/mol. The maximum absolute atomic E-state index is 5.99. The van der Waals surface area contributed by atoms with Crippen molar-refractivity contribution < 1.29 is 0 Å². The molecule has 0 aliphatic heterocycles. The standard InChI is InChI=1S/C14H24ClNS/c1-4-9-16-13(11(5-2)6-3)10-12-7-8-14(15)17-12/h7-8,11,13,16H,4-6,9-10H2,1-3H3. The first-order valence-corrected chi connectivity index (χ1v) is 7.88. The van der Waals surface area contributed by atoms with Gasteiger partial charge in [-0.15, -0.1) is 11.3 Å². The maximum Gasteiger partial charge on any atom is 0.0931 e. The zero-order valence-electron chi connectivity index (χ0n) is 11.1. The third-order valence-corrected chi connectivity index (χ3v) is 4.58. The van der Waals surface area contributed by atoms with E-state index in [0.29, 0.717) is 6.04 Å². The highest BCUT2D eigenvalue weighted by atomic mass is 35.5. The number of rotatable bonds is 8. The summed E-state index contributed by atoms with van der Waals surface area (Å²) in [6, 6.07) is 4.76. The van der Waals surface area contributed by atoms with Gasteiger partial charge in [-0.3, -0.25) is 0 Å². The average molecular weight is 274 g/mol. The van der Waals surface area contributed by atoms with Crippen LogP contribution in [0.3, 0.4) is 0 Å². The molecule has 1 aromatic heterocycles. The van der Waals surface area contributed by atoms with Gasteiger partial charge in [-0.2, -0.15) is 0 Å². The molecule has 1 heterocycles. The number of halogens is 1. The van der Waals surface area contributed by atoms with E-state index >= 15 is 0 Å². The Balaban J connectivity index is 2.61. The smallest absolute Gasteiger partial charge is 0.0931 e. The van der Waals surface area contributed by atoms with Crippen molar-refractivity contribution in [2.75, 3.05) is 6.54 Å². The first-order chi connectivity index (χ1) is 8.21. The molecule has 1 unspecified atom stereocenters. The molecule has 0 radical (unpaired) electrons. The van der Waals surface area contributed by atoms with E-state index in [1.165, 1.54) is 24.1 Å². The van der Waals surface area contributed by atoms with Crippen molar-refractivity contribution in [2.24, 2.45) is 5.92 Å². The first kappa shape index (κ1) is 15.0. The minimum atomic E-state index is 0.597. The molecule has 0 saturated heterocycles. The molecule has 3 heteroatoms. The van der Waals surface area contributed by atoms with Crippen molar-refractivity contribution in [1.29, 1.82) is 0 Å². The van der Waals surface area contributed by atoms with Crippen molar-refractivity contribution in [3.05, 3.63) is 21.3 Å². The molecule has 0 fully saturated rings. The Labute approximate surface area is 115 Å². The summed E-state index contributed by atoms with van der Waals surface area (Å²) in [7, 11) is 0. The molecular weight excluding hydrogens is 250 g/mol.